The smallest absolute Gasteiger partial charge is 0.247 e. The van der Waals surface area contributed by atoms with Crippen LogP contribution in [0.3, 0.4) is 0 Å². The predicted octanol–water partition coefficient (Wildman–Crippen LogP) is 2.86. The summed E-state index contributed by atoms with van der Waals surface area (Å²) in [5.41, 5.74) is 0.344. The Morgan fingerprint density at radius 2 is 1.95 bits per heavy atom. The number of carbonyl (C=O) groups excluding carboxylic acids is 2. The summed E-state index contributed by atoms with van der Waals surface area (Å²) in [6.45, 7) is 8.66. The Morgan fingerprint density at radius 1 is 1.29 bits per heavy atom. The van der Waals surface area contributed by atoms with Crippen molar-refractivity contribution in [2.24, 2.45) is 5.41 Å². The van der Waals surface area contributed by atoms with Crippen LogP contribution in [0.15, 0.2) is 0 Å². The molecular formula is C17H30N2O2. The lowest BCUT2D eigenvalue weighted by Gasteiger charge is -2.36. The molecule has 2 aliphatic rings. The summed E-state index contributed by atoms with van der Waals surface area (Å²) in [5.74, 6) is -0.00153. The third-order valence-electron chi connectivity index (χ3n) is 5.13. The SMILES string of the molecule is CCC(CC)N1C(=O)CC(NC2CCCC(C)(C)C2)C1=O. The summed E-state index contributed by atoms with van der Waals surface area (Å²) in [7, 11) is 0. The highest BCUT2D eigenvalue weighted by Gasteiger charge is 2.42. The molecule has 0 radical (unpaired) electrons. The molecule has 1 N–H and O–H groups in total. The van der Waals surface area contributed by atoms with Crippen molar-refractivity contribution < 1.29 is 9.59 Å². The lowest BCUT2D eigenvalue weighted by molar-refractivity contribution is -0.141. The van der Waals surface area contributed by atoms with Crippen molar-refractivity contribution >= 4 is 11.8 Å². The topological polar surface area (TPSA) is 49.4 Å². The van der Waals surface area contributed by atoms with Crippen LogP contribution in [0.2, 0.25) is 0 Å². The Bertz CT molecular complexity index is 402. The van der Waals surface area contributed by atoms with Crippen molar-refractivity contribution in [2.75, 3.05) is 0 Å². The summed E-state index contributed by atoms with van der Waals surface area (Å²) >= 11 is 0. The van der Waals surface area contributed by atoms with E-state index in [9.17, 15) is 9.59 Å². The fraction of sp³-hybridized carbons (Fsp3) is 0.882. The number of rotatable bonds is 5. The van der Waals surface area contributed by atoms with E-state index in [-0.39, 0.29) is 23.9 Å². The predicted molar refractivity (Wildman–Crippen MR) is 83.8 cm³/mol. The highest BCUT2D eigenvalue weighted by Crippen LogP contribution is 2.35. The van der Waals surface area contributed by atoms with E-state index in [1.165, 1.54) is 17.7 Å². The third kappa shape index (κ3) is 3.65. The fourth-order valence-corrected chi connectivity index (χ4v) is 3.94. The van der Waals surface area contributed by atoms with Crippen molar-refractivity contribution in [1.29, 1.82) is 0 Å². The molecule has 0 aromatic carbocycles. The summed E-state index contributed by atoms with van der Waals surface area (Å²) in [5, 5.41) is 3.47. The van der Waals surface area contributed by atoms with Crippen LogP contribution in [-0.2, 0) is 9.59 Å². The molecule has 2 fully saturated rings. The number of imide groups is 1. The zero-order chi connectivity index (χ0) is 15.6. The molecule has 1 aliphatic heterocycles. The molecule has 1 saturated heterocycles. The fourth-order valence-electron chi connectivity index (χ4n) is 3.94. The molecule has 2 unspecified atom stereocenters. The first-order valence-corrected chi connectivity index (χ1v) is 8.50. The van der Waals surface area contributed by atoms with Gasteiger partial charge in [0.15, 0.2) is 0 Å². The Balaban J connectivity index is 1.99. The third-order valence-corrected chi connectivity index (χ3v) is 5.13. The van der Waals surface area contributed by atoms with E-state index in [1.54, 1.807) is 0 Å². The normalized spacial score (nSPS) is 29.5. The molecule has 2 atom stereocenters. The monoisotopic (exact) mass is 294 g/mol. The quantitative estimate of drug-likeness (QED) is 0.793. The van der Waals surface area contributed by atoms with Crippen LogP contribution in [0, 0.1) is 5.41 Å². The molecule has 4 nitrogen and oxygen atoms in total. The molecule has 0 bridgehead atoms. The van der Waals surface area contributed by atoms with Crippen LogP contribution in [0.4, 0.5) is 0 Å². The van der Waals surface area contributed by atoms with Gasteiger partial charge in [-0.05, 0) is 37.5 Å². The van der Waals surface area contributed by atoms with E-state index in [0.29, 0.717) is 17.9 Å². The van der Waals surface area contributed by atoms with Crippen molar-refractivity contribution in [2.45, 2.75) is 90.8 Å². The minimum atomic E-state index is -0.294. The Labute approximate surface area is 128 Å². The highest BCUT2D eigenvalue weighted by atomic mass is 16.2. The van der Waals surface area contributed by atoms with Crippen molar-refractivity contribution in [3.63, 3.8) is 0 Å². The minimum Gasteiger partial charge on any atom is -0.303 e. The molecule has 0 aromatic heterocycles. The van der Waals surface area contributed by atoms with Gasteiger partial charge in [0.1, 0.15) is 0 Å². The zero-order valence-corrected chi connectivity index (χ0v) is 13.9. The summed E-state index contributed by atoms with van der Waals surface area (Å²) in [6, 6.07) is 0.147. The van der Waals surface area contributed by atoms with Crippen LogP contribution in [0.1, 0.15) is 72.6 Å². The molecule has 0 spiro atoms. The van der Waals surface area contributed by atoms with Crippen molar-refractivity contribution in [3.8, 4) is 0 Å². The number of nitrogens with one attached hydrogen (secondary N) is 1. The molecule has 4 heteroatoms. The van der Waals surface area contributed by atoms with Gasteiger partial charge in [-0.15, -0.1) is 0 Å². The van der Waals surface area contributed by atoms with E-state index in [2.05, 4.69) is 19.2 Å². The largest absolute Gasteiger partial charge is 0.303 e. The van der Waals surface area contributed by atoms with Crippen LogP contribution in [0.5, 0.6) is 0 Å². The highest BCUT2D eigenvalue weighted by molar-refractivity contribution is 6.05. The molecule has 1 saturated carbocycles. The molecule has 21 heavy (non-hydrogen) atoms. The zero-order valence-electron chi connectivity index (χ0n) is 13.9. The molecular weight excluding hydrogens is 264 g/mol. The maximum atomic E-state index is 12.6. The maximum absolute atomic E-state index is 12.6. The summed E-state index contributed by atoms with van der Waals surface area (Å²) < 4.78 is 0. The van der Waals surface area contributed by atoms with E-state index in [0.717, 1.165) is 25.7 Å². The Hall–Kier alpha value is -0.900. The first kappa shape index (κ1) is 16.5. The number of carbonyl (C=O) groups is 2. The number of nitrogens with zero attached hydrogens (tertiary/aromatic N) is 1. The van der Waals surface area contributed by atoms with Crippen molar-refractivity contribution in [1.82, 2.24) is 10.2 Å². The van der Waals surface area contributed by atoms with Crippen LogP contribution in [-0.4, -0.2) is 34.8 Å². The number of likely N-dealkylation sites (tertiary alicyclic amines) is 1. The second kappa shape index (κ2) is 6.47. The van der Waals surface area contributed by atoms with E-state index in [4.69, 9.17) is 0 Å². The maximum Gasteiger partial charge on any atom is 0.247 e. The van der Waals surface area contributed by atoms with Gasteiger partial charge >= 0.3 is 0 Å². The van der Waals surface area contributed by atoms with Gasteiger partial charge in [0.2, 0.25) is 11.8 Å². The van der Waals surface area contributed by atoms with Crippen molar-refractivity contribution in [3.05, 3.63) is 0 Å². The standard InChI is InChI=1S/C17H30N2O2/c1-5-13(6-2)19-15(20)10-14(16(19)21)18-12-8-7-9-17(3,4)11-12/h12-14,18H,5-11H2,1-4H3. The number of hydrogen-bond acceptors (Lipinski definition) is 3. The molecule has 0 aromatic rings. The van der Waals surface area contributed by atoms with Crippen LogP contribution < -0.4 is 5.32 Å². The van der Waals surface area contributed by atoms with Gasteiger partial charge in [0.05, 0.1) is 12.5 Å². The first-order chi connectivity index (χ1) is 9.88. The van der Waals surface area contributed by atoms with Gasteiger partial charge in [-0.1, -0.05) is 34.1 Å². The summed E-state index contributed by atoms with van der Waals surface area (Å²) in [4.78, 5) is 26.3. The molecule has 120 valence electrons. The van der Waals surface area contributed by atoms with E-state index >= 15 is 0 Å². The van der Waals surface area contributed by atoms with Gasteiger partial charge in [-0.2, -0.15) is 0 Å². The molecule has 1 heterocycles. The van der Waals surface area contributed by atoms with E-state index in [1.807, 2.05) is 13.8 Å². The van der Waals surface area contributed by atoms with Gasteiger partial charge in [0.25, 0.3) is 0 Å². The van der Waals surface area contributed by atoms with Crippen LogP contribution in [0.25, 0.3) is 0 Å². The van der Waals surface area contributed by atoms with Gasteiger partial charge < -0.3 is 5.32 Å². The average molecular weight is 294 g/mol. The molecule has 2 amide bonds. The lowest BCUT2D eigenvalue weighted by Crippen LogP contribution is -2.48. The Morgan fingerprint density at radius 3 is 2.52 bits per heavy atom. The van der Waals surface area contributed by atoms with Gasteiger partial charge in [-0.3, -0.25) is 14.5 Å². The minimum absolute atomic E-state index is 0.00118. The molecule has 1 aliphatic carbocycles. The molecule has 2 rings (SSSR count). The van der Waals surface area contributed by atoms with Crippen LogP contribution >= 0.6 is 0 Å². The number of amides is 2. The second-order valence-corrected chi connectivity index (χ2v) is 7.45. The Kier molecular flexibility index (Phi) is 5.07. The summed E-state index contributed by atoms with van der Waals surface area (Å²) in [6.07, 6.45) is 6.70. The van der Waals surface area contributed by atoms with Gasteiger partial charge in [-0.25, -0.2) is 0 Å². The first-order valence-electron chi connectivity index (χ1n) is 8.50. The number of hydrogen-bond donors (Lipinski definition) is 1. The van der Waals surface area contributed by atoms with E-state index < -0.39 is 0 Å². The van der Waals surface area contributed by atoms with Gasteiger partial charge in [0, 0.05) is 12.1 Å². The second-order valence-electron chi connectivity index (χ2n) is 7.45. The average Bonchev–Trinajstić information content (AvgIpc) is 2.67. The lowest BCUT2D eigenvalue weighted by atomic mass is 9.75.